The van der Waals surface area contributed by atoms with Crippen molar-refractivity contribution in [3.8, 4) is 0 Å². The minimum Gasteiger partial charge on any atom is -0.311 e. The topological polar surface area (TPSA) is 46.9 Å². The first-order valence-corrected chi connectivity index (χ1v) is 8.63. The van der Waals surface area contributed by atoms with Gasteiger partial charge in [0.25, 0.3) is 0 Å². The fourth-order valence-corrected chi connectivity index (χ4v) is 3.51. The summed E-state index contributed by atoms with van der Waals surface area (Å²) in [4.78, 5) is 12.2. The molecule has 0 aliphatic heterocycles. The van der Waals surface area contributed by atoms with Crippen LogP contribution in [0.25, 0.3) is 0 Å². The minimum atomic E-state index is 0.0563. The first-order valence-electron chi connectivity index (χ1n) is 7.87. The molecule has 2 aromatic rings. The zero-order chi connectivity index (χ0) is 16.2. The van der Waals surface area contributed by atoms with Crippen molar-refractivity contribution in [1.82, 2.24) is 9.78 Å². The van der Waals surface area contributed by atoms with Crippen LogP contribution in [0.5, 0.6) is 0 Å². The smallest absolute Gasteiger partial charge is 0.225 e. The lowest BCUT2D eigenvalue weighted by molar-refractivity contribution is -0.117. The number of halogens is 2. The summed E-state index contributed by atoms with van der Waals surface area (Å²) in [6, 6.07) is 7.18. The van der Waals surface area contributed by atoms with Crippen LogP contribution < -0.4 is 5.32 Å². The van der Waals surface area contributed by atoms with E-state index < -0.39 is 0 Å². The van der Waals surface area contributed by atoms with E-state index in [-0.39, 0.29) is 5.91 Å². The van der Waals surface area contributed by atoms with Crippen LogP contribution in [0.15, 0.2) is 30.5 Å². The molecule has 1 aromatic carbocycles. The molecular weight excluding hydrogens is 333 g/mol. The van der Waals surface area contributed by atoms with Crippen LogP contribution in [-0.4, -0.2) is 15.7 Å². The fraction of sp³-hybridized carbons (Fsp3) is 0.412. The number of carbonyl (C=O) groups is 1. The van der Waals surface area contributed by atoms with Crippen LogP contribution in [0.2, 0.25) is 10.0 Å². The monoisotopic (exact) mass is 351 g/mol. The highest BCUT2D eigenvalue weighted by molar-refractivity contribution is 6.35. The second kappa shape index (κ2) is 7.37. The molecule has 0 atom stereocenters. The number of rotatable bonds is 5. The van der Waals surface area contributed by atoms with Crippen molar-refractivity contribution < 1.29 is 4.79 Å². The third kappa shape index (κ3) is 4.27. The predicted molar refractivity (Wildman–Crippen MR) is 93.0 cm³/mol. The van der Waals surface area contributed by atoms with Gasteiger partial charge in [-0.05, 0) is 36.5 Å². The standard InChI is InChI=1S/C17H19Cl2N3O/c18-14-6-5-13(15(19)10-14)11-22-16(7-8-20-22)21-17(23)9-12-3-1-2-4-12/h5-8,10,12H,1-4,9,11H2,(H,21,23). The summed E-state index contributed by atoms with van der Waals surface area (Å²) < 4.78 is 1.74. The highest BCUT2D eigenvalue weighted by atomic mass is 35.5. The lowest BCUT2D eigenvalue weighted by atomic mass is 10.0. The number of aromatic nitrogens is 2. The van der Waals surface area contributed by atoms with Gasteiger partial charge in [0.15, 0.2) is 0 Å². The van der Waals surface area contributed by atoms with Crippen molar-refractivity contribution in [2.75, 3.05) is 5.32 Å². The maximum absolute atomic E-state index is 12.2. The predicted octanol–water partition coefficient (Wildman–Crippen LogP) is 4.76. The molecule has 0 unspecified atom stereocenters. The van der Waals surface area contributed by atoms with Crippen molar-refractivity contribution in [3.05, 3.63) is 46.1 Å². The van der Waals surface area contributed by atoms with Crippen LogP contribution in [0.4, 0.5) is 5.82 Å². The van der Waals surface area contributed by atoms with E-state index in [0.29, 0.717) is 34.7 Å². The Balaban J connectivity index is 1.65. The van der Waals surface area contributed by atoms with E-state index in [0.717, 1.165) is 18.4 Å². The van der Waals surface area contributed by atoms with E-state index in [2.05, 4.69) is 10.4 Å². The number of carbonyl (C=O) groups excluding carboxylic acids is 1. The summed E-state index contributed by atoms with van der Waals surface area (Å²) >= 11 is 12.1. The Morgan fingerprint density at radius 3 is 2.78 bits per heavy atom. The van der Waals surface area contributed by atoms with Crippen molar-refractivity contribution in [2.24, 2.45) is 5.92 Å². The number of amides is 1. The van der Waals surface area contributed by atoms with Gasteiger partial charge < -0.3 is 5.32 Å². The Bertz CT molecular complexity index is 693. The average molecular weight is 352 g/mol. The maximum Gasteiger partial charge on any atom is 0.225 e. The molecule has 6 heteroatoms. The molecule has 3 rings (SSSR count). The quantitative estimate of drug-likeness (QED) is 0.844. The molecule has 1 aromatic heterocycles. The summed E-state index contributed by atoms with van der Waals surface area (Å²) in [7, 11) is 0. The Kier molecular flexibility index (Phi) is 5.23. The van der Waals surface area contributed by atoms with Gasteiger partial charge in [-0.1, -0.05) is 42.1 Å². The van der Waals surface area contributed by atoms with Crippen LogP contribution in [0.3, 0.4) is 0 Å². The third-order valence-electron chi connectivity index (χ3n) is 4.27. The number of benzene rings is 1. The molecule has 0 spiro atoms. The fourth-order valence-electron chi connectivity index (χ4n) is 3.05. The largest absolute Gasteiger partial charge is 0.311 e. The number of anilines is 1. The molecule has 1 saturated carbocycles. The van der Waals surface area contributed by atoms with Gasteiger partial charge >= 0.3 is 0 Å². The van der Waals surface area contributed by atoms with Crippen LogP contribution in [0.1, 0.15) is 37.7 Å². The van der Waals surface area contributed by atoms with Crippen LogP contribution in [0, 0.1) is 5.92 Å². The average Bonchev–Trinajstić information content (AvgIpc) is 3.14. The molecular formula is C17H19Cl2N3O. The Morgan fingerprint density at radius 2 is 2.04 bits per heavy atom. The van der Waals surface area contributed by atoms with Gasteiger partial charge in [-0.2, -0.15) is 5.10 Å². The number of nitrogens with one attached hydrogen (secondary N) is 1. The highest BCUT2D eigenvalue weighted by Crippen LogP contribution is 2.28. The van der Waals surface area contributed by atoms with E-state index >= 15 is 0 Å². The van der Waals surface area contributed by atoms with Gasteiger partial charge in [0.1, 0.15) is 5.82 Å². The Hall–Kier alpha value is -1.52. The number of nitrogens with zero attached hydrogens (tertiary/aromatic N) is 2. The summed E-state index contributed by atoms with van der Waals surface area (Å²) in [5.74, 6) is 1.27. The Labute approximate surface area is 145 Å². The third-order valence-corrected chi connectivity index (χ3v) is 4.86. The van der Waals surface area contributed by atoms with E-state index in [9.17, 15) is 4.79 Å². The molecule has 23 heavy (non-hydrogen) atoms. The van der Waals surface area contributed by atoms with Crippen LogP contribution >= 0.6 is 23.2 Å². The normalized spacial score (nSPS) is 15.0. The first-order chi connectivity index (χ1) is 11.1. The molecule has 1 heterocycles. The zero-order valence-corrected chi connectivity index (χ0v) is 14.3. The molecule has 1 aliphatic carbocycles. The molecule has 0 radical (unpaired) electrons. The van der Waals surface area contributed by atoms with Gasteiger partial charge in [-0.25, -0.2) is 4.68 Å². The lowest BCUT2D eigenvalue weighted by Crippen LogP contribution is -2.18. The van der Waals surface area contributed by atoms with E-state index in [1.807, 2.05) is 6.07 Å². The van der Waals surface area contributed by atoms with Gasteiger partial charge in [-0.15, -0.1) is 0 Å². The molecule has 1 amide bonds. The zero-order valence-electron chi connectivity index (χ0n) is 12.8. The van der Waals surface area contributed by atoms with Crippen LogP contribution in [-0.2, 0) is 11.3 Å². The molecule has 122 valence electrons. The maximum atomic E-state index is 12.2. The molecule has 4 nitrogen and oxygen atoms in total. The summed E-state index contributed by atoms with van der Waals surface area (Å²) in [5, 5.41) is 8.43. The van der Waals surface area contributed by atoms with E-state index in [1.165, 1.54) is 12.8 Å². The Morgan fingerprint density at radius 1 is 1.26 bits per heavy atom. The van der Waals surface area contributed by atoms with Gasteiger partial charge in [0, 0.05) is 22.5 Å². The summed E-state index contributed by atoms with van der Waals surface area (Å²) in [6.45, 7) is 0.488. The lowest BCUT2D eigenvalue weighted by Gasteiger charge is -2.12. The number of hydrogen-bond donors (Lipinski definition) is 1. The highest BCUT2D eigenvalue weighted by Gasteiger charge is 2.19. The molecule has 1 N–H and O–H groups in total. The SMILES string of the molecule is O=C(CC1CCCC1)Nc1ccnn1Cc1ccc(Cl)cc1Cl. The van der Waals surface area contributed by atoms with E-state index in [4.69, 9.17) is 23.2 Å². The first kappa shape index (κ1) is 16.3. The van der Waals surface area contributed by atoms with E-state index in [1.54, 1.807) is 29.1 Å². The van der Waals surface area contributed by atoms with Gasteiger partial charge in [0.2, 0.25) is 5.91 Å². The molecule has 0 saturated heterocycles. The second-order valence-corrected chi connectivity index (χ2v) is 6.86. The van der Waals surface area contributed by atoms with Gasteiger partial charge in [0.05, 0.1) is 12.7 Å². The minimum absolute atomic E-state index is 0.0563. The van der Waals surface area contributed by atoms with Crippen molar-refractivity contribution in [3.63, 3.8) is 0 Å². The molecule has 0 bridgehead atoms. The summed E-state index contributed by atoms with van der Waals surface area (Å²) in [6.07, 6.45) is 7.07. The van der Waals surface area contributed by atoms with Crippen molar-refractivity contribution >= 4 is 34.9 Å². The number of hydrogen-bond acceptors (Lipinski definition) is 2. The summed E-state index contributed by atoms with van der Waals surface area (Å²) in [5.41, 5.74) is 0.908. The van der Waals surface area contributed by atoms with Crippen molar-refractivity contribution in [1.29, 1.82) is 0 Å². The van der Waals surface area contributed by atoms with Crippen molar-refractivity contribution in [2.45, 2.75) is 38.6 Å². The molecule has 1 aliphatic rings. The molecule has 1 fully saturated rings. The van der Waals surface area contributed by atoms with Gasteiger partial charge in [-0.3, -0.25) is 4.79 Å². The second-order valence-electron chi connectivity index (χ2n) is 6.01.